The number of ether oxygens (including phenoxy) is 2. The Morgan fingerprint density at radius 3 is 2.25 bits per heavy atom. The van der Waals surface area contributed by atoms with E-state index in [4.69, 9.17) is 9.47 Å². The van der Waals surface area contributed by atoms with Gasteiger partial charge in [-0.1, -0.05) is 32.0 Å². The van der Waals surface area contributed by atoms with Gasteiger partial charge >= 0.3 is 0 Å². The molecule has 2 aromatic rings. The SMILES string of the molecule is CC(=O)c1ccc(S(=O)(=O)N[C@@H](c2ccc3c(c2)OCCCO3)C(C)C)cc1. The summed E-state index contributed by atoms with van der Waals surface area (Å²) in [6.07, 6.45) is 0.806. The standard InChI is InChI=1S/C21H25NO5S/c1-14(2)21(17-7-10-19-20(13-17)27-12-4-11-26-19)22-28(24,25)18-8-5-16(6-9-18)15(3)23/h5-10,13-14,21-22H,4,11-12H2,1-3H3/t21-/m1/s1. The summed E-state index contributed by atoms with van der Waals surface area (Å²) in [6.45, 7) is 6.52. The molecule has 1 aliphatic rings. The van der Waals surface area contributed by atoms with Gasteiger partial charge in [-0.25, -0.2) is 13.1 Å². The van der Waals surface area contributed by atoms with Crippen LogP contribution in [-0.2, 0) is 10.0 Å². The maximum atomic E-state index is 12.9. The summed E-state index contributed by atoms with van der Waals surface area (Å²) in [7, 11) is -3.76. The lowest BCUT2D eigenvalue weighted by atomic mass is 9.97. The molecule has 0 bridgehead atoms. The van der Waals surface area contributed by atoms with Crippen LogP contribution < -0.4 is 14.2 Å². The van der Waals surface area contributed by atoms with E-state index in [2.05, 4.69) is 4.72 Å². The molecule has 150 valence electrons. The molecule has 0 fully saturated rings. The van der Waals surface area contributed by atoms with Gasteiger partial charge in [0, 0.05) is 18.0 Å². The molecule has 0 aliphatic carbocycles. The Kier molecular flexibility index (Phi) is 6.05. The van der Waals surface area contributed by atoms with Crippen LogP contribution in [0.1, 0.15) is 49.2 Å². The lowest BCUT2D eigenvalue weighted by Gasteiger charge is -2.24. The number of carbonyl (C=O) groups excluding carboxylic acids is 1. The van der Waals surface area contributed by atoms with Gasteiger partial charge in [0.1, 0.15) is 0 Å². The zero-order valence-electron chi connectivity index (χ0n) is 16.3. The Morgan fingerprint density at radius 1 is 1.00 bits per heavy atom. The van der Waals surface area contributed by atoms with Crippen molar-refractivity contribution in [2.75, 3.05) is 13.2 Å². The normalized spacial score (nSPS) is 15.1. The first-order valence-electron chi connectivity index (χ1n) is 9.31. The van der Waals surface area contributed by atoms with E-state index in [1.165, 1.54) is 31.2 Å². The molecule has 1 atom stereocenters. The van der Waals surface area contributed by atoms with Crippen molar-refractivity contribution in [3.63, 3.8) is 0 Å². The summed E-state index contributed by atoms with van der Waals surface area (Å²) < 4.78 is 40.0. The molecule has 2 aromatic carbocycles. The van der Waals surface area contributed by atoms with Gasteiger partial charge < -0.3 is 9.47 Å². The number of carbonyl (C=O) groups is 1. The molecule has 0 spiro atoms. The molecule has 0 unspecified atom stereocenters. The van der Waals surface area contributed by atoms with Gasteiger partial charge in [-0.2, -0.15) is 0 Å². The highest BCUT2D eigenvalue weighted by Crippen LogP contribution is 2.34. The van der Waals surface area contributed by atoms with E-state index in [-0.39, 0.29) is 16.6 Å². The molecule has 1 N–H and O–H groups in total. The van der Waals surface area contributed by atoms with Crippen molar-refractivity contribution >= 4 is 15.8 Å². The molecular weight excluding hydrogens is 378 g/mol. The van der Waals surface area contributed by atoms with Crippen LogP contribution in [0.2, 0.25) is 0 Å². The van der Waals surface area contributed by atoms with Crippen molar-refractivity contribution in [3.05, 3.63) is 53.6 Å². The number of hydrogen-bond donors (Lipinski definition) is 1. The van der Waals surface area contributed by atoms with E-state index in [1.807, 2.05) is 32.0 Å². The van der Waals surface area contributed by atoms with Crippen LogP contribution >= 0.6 is 0 Å². The fourth-order valence-corrected chi connectivity index (χ4v) is 4.44. The van der Waals surface area contributed by atoms with Crippen molar-refractivity contribution in [1.82, 2.24) is 4.72 Å². The predicted octanol–water partition coefficient (Wildman–Crippen LogP) is 3.73. The Balaban J connectivity index is 1.88. The summed E-state index contributed by atoms with van der Waals surface area (Å²) in [4.78, 5) is 11.5. The number of sulfonamides is 1. The molecule has 0 radical (unpaired) electrons. The van der Waals surface area contributed by atoms with E-state index < -0.39 is 16.1 Å². The van der Waals surface area contributed by atoms with Gasteiger partial charge in [0.2, 0.25) is 10.0 Å². The number of fused-ring (bicyclic) bond motifs is 1. The molecule has 1 heterocycles. The summed E-state index contributed by atoms with van der Waals surface area (Å²) in [5.74, 6) is 1.21. The van der Waals surface area contributed by atoms with Crippen molar-refractivity contribution in [2.45, 2.75) is 38.1 Å². The van der Waals surface area contributed by atoms with E-state index in [1.54, 1.807) is 0 Å². The molecule has 6 nitrogen and oxygen atoms in total. The molecule has 0 amide bonds. The molecule has 0 saturated heterocycles. The summed E-state index contributed by atoms with van der Waals surface area (Å²) in [5.41, 5.74) is 1.28. The molecule has 3 rings (SSSR count). The number of hydrogen-bond acceptors (Lipinski definition) is 5. The molecule has 7 heteroatoms. The second kappa shape index (κ2) is 8.32. The Labute approximate surface area is 165 Å². The highest BCUT2D eigenvalue weighted by Gasteiger charge is 2.25. The fourth-order valence-electron chi connectivity index (χ4n) is 3.07. The van der Waals surface area contributed by atoms with E-state index in [9.17, 15) is 13.2 Å². The predicted molar refractivity (Wildman–Crippen MR) is 106 cm³/mol. The van der Waals surface area contributed by atoms with Crippen molar-refractivity contribution in [3.8, 4) is 11.5 Å². The Morgan fingerprint density at radius 2 is 1.64 bits per heavy atom. The molecule has 28 heavy (non-hydrogen) atoms. The van der Waals surface area contributed by atoms with Gasteiger partial charge in [-0.15, -0.1) is 0 Å². The third kappa shape index (κ3) is 4.54. The Bertz CT molecular complexity index is 951. The minimum absolute atomic E-state index is 0.0102. The zero-order chi connectivity index (χ0) is 20.3. The van der Waals surface area contributed by atoms with Crippen LogP contribution in [0.5, 0.6) is 11.5 Å². The third-order valence-electron chi connectivity index (χ3n) is 4.65. The van der Waals surface area contributed by atoms with Gasteiger partial charge in [0.05, 0.1) is 18.1 Å². The average Bonchev–Trinajstić information content (AvgIpc) is 2.90. The van der Waals surface area contributed by atoms with Crippen LogP contribution in [0.3, 0.4) is 0 Å². The monoisotopic (exact) mass is 403 g/mol. The maximum Gasteiger partial charge on any atom is 0.241 e. The van der Waals surface area contributed by atoms with Crippen LogP contribution in [-0.4, -0.2) is 27.4 Å². The second-order valence-electron chi connectivity index (χ2n) is 7.18. The molecule has 0 saturated carbocycles. The van der Waals surface area contributed by atoms with Crippen molar-refractivity contribution in [1.29, 1.82) is 0 Å². The van der Waals surface area contributed by atoms with Crippen LogP contribution in [0.4, 0.5) is 0 Å². The average molecular weight is 404 g/mol. The summed E-state index contributed by atoms with van der Waals surface area (Å²) in [6, 6.07) is 11.0. The summed E-state index contributed by atoms with van der Waals surface area (Å²) in [5, 5.41) is 0. The smallest absolute Gasteiger partial charge is 0.241 e. The Hall–Kier alpha value is -2.38. The van der Waals surface area contributed by atoms with Gasteiger partial charge in [-0.05, 0) is 42.7 Å². The van der Waals surface area contributed by atoms with Crippen molar-refractivity contribution in [2.24, 2.45) is 5.92 Å². The minimum atomic E-state index is -3.76. The quantitative estimate of drug-likeness (QED) is 0.744. The molecule has 1 aliphatic heterocycles. The molecular formula is C21H25NO5S. The first kappa shape index (κ1) is 20.4. The van der Waals surface area contributed by atoms with Crippen LogP contribution in [0.25, 0.3) is 0 Å². The van der Waals surface area contributed by atoms with Crippen LogP contribution in [0, 0.1) is 5.92 Å². The third-order valence-corrected chi connectivity index (χ3v) is 6.11. The van der Waals surface area contributed by atoms with E-state index >= 15 is 0 Å². The van der Waals surface area contributed by atoms with Crippen LogP contribution in [0.15, 0.2) is 47.4 Å². The van der Waals surface area contributed by atoms with Gasteiger partial charge in [-0.3, -0.25) is 4.79 Å². The lowest BCUT2D eigenvalue weighted by Crippen LogP contribution is -2.31. The van der Waals surface area contributed by atoms with Gasteiger partial charge in [0.25, 0.3) is 0 Å². The number of Topliss-reactive ketones (excluding diaryl/α,β-unsaturated/α-hetero) is 1. The zero-order valence-corrected chi connectivity index (χ0v) is 17.1. The fraction of sp³-hybridized carbons (Fsp3) is 0.381. The highest BCUT2D eigenvalue weighted by atomic mass is 32.2. The number of rotatable bonds is 6. The topological polar surface area (TPSA) is 81.7 Å². The highest BCUT2D eigenvalue weighted by molar-refractivity contribution is 7.89. The number of ketones is 1. The van der Waals surface area contributed by atoms with E-state index in [0.717, 1.165) is 12.0 Å². The molecule has 0 aromatic heterocycles. The van der Waals surface area contributed by atoms with Gasteiger partial charge in [0.15, 0.2) is 17.3 Å². The minimum Gasteiger partial charge on any atom is -0.490 e. The first-order valence-corrected chi connectivity index (χ1v) is 10.8. The number of nitrogens with one attached hydrogen (secondary N) is 1. The number of benzene rings is 2. The van der Waals surface area contributed by atoms with Crippen molar-refractivity contribution < 1.29 is 22.7 Å². The largest absolute Gasteiger partial charge is 0.490 e. The summed E-state index contributed by atoms with van der Waals surface area (Å²) >= 11 is 0. The van der Waals surface area contributed by atoms with E-state index in [0.29, 0.717) is 30.3 Å². The lowest BCUT2D eigenvalue weighted by molar-refractivity contribution is 0.101. The first-order chi connectivity index (χ1) is 13.3. The second-order valence-corrected chi connectivity index (χ2v) is 8.89. The maximum absolute atomic E-state index is 12.9.